The summed E-state index contributed by atoms with van der Waals surface area (Å²) in [4.78, 5) is 11.4. The minimum absolute atomic E-state index is 0.0344. The molecule has 1 aromatic heterocycles. The highest BCUT2D eigenvalue weighted by atomic mass is 16.5. The molecule has 0 aromatic carbocycles. The van der Waals surface area contributed by atoms with Crippen LogP contribution in [0.2, 0.25) is 0 Å². The minimum Gasteiger partial charge on any atom is -0.461 e. The number of hydrogen-bond donors (Lipinski definition) is 0. The van der Waals surface area contributed by atoms with E-state index in [1.165, 1.54) is 9.25 Å². The molecule has 0 aliphatic rings. The molecule has 1 rings (SSSR count). The van der Waals surface area contributed by atoms with Gasteiger partial charge in [-0.2, -0.15) is 0 Å². The smallest absolute Gasteiger partial charge is 0.348 e. The molecule has 0 aliphatic carbocycles. The molecule has 0 radical (unpaired) electrons. The average molecular weight is 185 g/mol. The van der Waals surface area contributed by atoms with E-state index in [2.05, 4.69) is 5.10 Å². The molecule has 0 saturated heterocycles. The van der Waals surface area contributed by atoms with Crippen LogP contribution in [0.1, 0.15) is 20.8 Å². The van der Waals surface area contributed by atoms with Crippen LogP contribution in [0, 0.1) is 0 Å². The number of aryl methyl sites for hydroxylation is 1. The summed E-state index contributed by atoms with van der Waals surface area (Å²) in [7, 11) is 1.61. The van der Waals surface area contributed by atoms with Crippen molar-refractivity contribution >= 4 is 0 Å². The van der Waals surface area contributed by atoms with E-state index in [1.807, 2.05) is 20.8 Å². The molecule has 0 amide bonds. The molecule has 1 aromatic rings. The SMILES string of the molecule is CCn1c(OC(C)C)nn(C)c1=O. The molecule has 0 atom stereocenters. The van der Waals surface area contributed by atoms with Crippen molar-refractivity contribution in [2.24, 2.45) is 7.05 Å². The highest BCUT2D eigenvalue weighted by Crippen LogP contribution is 2.04. The van der Waals surface area contributed by atoms with E-state index in [4.69, 9.17) is 4.74 Å². The van der Waals surface area contributed by atoms with Gasteiger partial charge in [0.2, 0.25) is 0 Å². The van der Waals surface area contributed by atoms with Crippen molar-refractivity contribution in [1.82, 2.24) is 14.3 Å². The van der Waals surface area contributed by atoms with Gasteiger partial charge in [0.1, 0.15) is 0 Å². The molecule has 0 saturated carbocycles. The Balaban J connectivity index is 3.07. The fourth-order valence-corrected chi connectivity index (χ4v) is 1.05. The number of ether oxygens (including phenoxy) is 1. The highest BCUT2D eigenvalue weighted by molar-refractivity contribution is 4.93. The summed E-state index contributed by atoms with van der Waals surface area (Å²) in [5, 5.41) is 3.97. The Morgan fingerprint density at radius 2 is 2.15 bits per heavy atom. The third kappa shape index (κ3) is 1.91. The van der Waals surface area contributed by atoms with Gasteiger partial charge in [0, 0.05) is 13.6 Å². The largest absolute Gasteiger partial charge is 0.461 e. The van der Waals surface area contributed by atoms with E-state index >= 15 is 0 Å². The van der Waals surface area contributed by atoms with Gasteiger partial charge in [0.25, 0.3) is 0 Å². The molecule has 13 heavy (non-hydrogen) atoms. The minimum atomic E-state index is -0.141. The second-order valence-corrected chi connectivity index (χ2v) is 3.10. The first-order chi connectivity index (χ1) is 6.06. The molecule has 0 fully saturated rings. The molecule has 0 bridgehead atoms. The fourth-order valence-electron chi connectivity index (χ4n) is 1.05. The zero-order valence-corrected chi connectivity index (χ0v) is 8.44. The van der Waals surface area contributed by atoms with Gasteiger partial charge in [-0.05, 0) is 20.8 Å². The summed E-state index contributed by atoms with van der Waals surface area (Å²) < 4.78 is 8.15. The van der Waals surface area contributed by atoms with Crippen LogP contribution in [0.5, 0.6) is 6.01 Å². The van der Waals surface area contributed by atoms with Gasteiger partial charge in [-0.3, -0.25) is 0 Å². The normalized spacial score (nSPS) is 10.8. The second kappa shape index (κ2) is 3.64. The van der Waals surface area contributed by atoms with Crippen LogP contribution in [-0.2, 0) is 13.6 Å². The molecule has 5 nitrogen and oxygen atoms in total. The zero-order chi connectivity index (χ0) is 10.0. The van der Waals surface area contributed by atoms with Crippen molar-refractivity contribution in [2.45, 2.75) is 33.4 Å². The highest BCUT2D eigenvalue weighted by Gasteiger charge is 2.11. The molecule has 0 aliphatic heterocycles. The van der Waals surface area contributed by atoms with E-state index in [1.54, 1.807) is 7.05 Å². The average Bonchev–Trinajstić information content (AvgIpc) is 2.27. The van der Waals surface area contributed by atoms with E-state index < -0.39 is 0 Å². The van der Waals surface area contributed by atoms with E-state index in [-0.39, 0.29) is 11.8 Å². The van der Waals surface area contributed by atoms with Crippen LogP contribution in [-0.4, -0.2) is 20.5 Å². The van der Waals surface area contributed by atoms with Gasteiger partial charge in [-0.25, -0.2) is 14.0 Å². The van der Waals surface area contributed by atoms with E-state index in [9.17, 15) is 4.79 Å². The summed E-state index contributed by atoms with van der Waals surface area (Å²) in [6, 6.07) is 0.394. The monoisotopic (exact) mass is 185 g/mol. The summed E-state index contributed by atoms with van der Waals surface area (Å²) >= 11 is 0. The van der Waals surface area contributed by atoms with Crippen LogP contribution < -0.4 is 10.4 Å². The Kier molecular flexibility index (Phi) is 2.75. The maximum atomic E-state index is 11.4. The van der Waals surface area contributed by atoms with E-state index in [0.29, 0.717) is 12.6 Å². The quantitative estimate of drug-likeness (QED) is 0.684. The van der Waals surface area contributed by atoms with Gasteiger partial charge in [-0.1, -0.05) is 0 Å². The van der Waals surface area contributed by atoms with Gasteiger partial charge in [0.15, 0.2) is 0 Å². The van der Waals surface area contributed by atoms with Crippen molar-refractivity contribution in [3.05, 3.63) is 10.5 Å². The Labute approximate surface area is 76.9 Å². The lowest BCUT2D eigenvalue weighted by molar-refractivity contribution is 0.210. The molecule has 5 heteroatoms. The number of rotatable bonds is 3. The topological polar surface area (TPSA) is 49.0 Å². The first kappa shape index (κ1) is 9.83. The molecular weight excluding hydrogens is 170 g/mol. The molecule has 0 spiro atoms. The predicted molar refractivity (Wildman–Crippen MR) is 48.9 cm³/mol. The van der Waals surface area contributed by atoms with Crippen molar-refractivity contribution in [1.29, 1.82) is 0 Å². The molecular formula is C8H15N3O2. The summed E-state index contributed by atoms with van der Waals surface area (Å²) in [5.74, 6) is 0. The lowest BCUT2D eigenvalue weighted by atomic mass is 10.5. The maximum absolute atomic E-state index is 11.4. The fraction of sp³-hybridized carbons (Fsp3) is 0.750. The Morgan fingerprint density at radius 3 is 2.62 bits per heavy atom. The summed E-state index contributed by atoms with van der Waals surface area (Å²) in [6.45, 7) is 6.27. The summed E-state index contributed by atoms with van der Waals surface area (Å²) in [6.07, 6.45) is 0.0344. The van der Waals surface area contributed by atoms with Crippen LogP contribution in [0.25, 0.3) is 0 Å². The Morgan fingerprint density at radius 1 is 1.54 bits per heavy atom. The van der Waals surface area contributed by atoms with Crippen LogP contribution >= 0.6 is 0 Å². The molecule has 0 N–H and O–H groups in total. The van der Waals surface area contributed by atoms with Crippen molar-refractivity contribution in [3.63, 3.8) is 0 Å². The lowest BCUT2D eigenvalue weighted by Gasteiger charge is -2.07. The standard InChI is InChI=1S/C8H15N3O2/c1-5-11-7(13-6(2)3)9-10(4)8(11)12/h6H,5H2,1-4H3. The van der Waals surface area contributed by atoms with Crippen molar-refractivity contribution in [3.8, 4) is 6.01 Å². The number of aromatic nitrogens is 3. The lowest BCUT2D eigenvalue weighted by Crippen LogP contribution is -2.22. The van der Waals surface area contributed by atoms with Gasteiger partial charge in [0.05, 0.1) is 6.10 Å². The van der Waals surface area contributed by atoms with Crippen LogP contribution in [0.15, 0.2) is 4.79 Å². The second-order valence-electron chi connectivity index (χ2n) is 3.10. The van der Waals surface area contributed by atoms with E-state index in [0.717, 1.165) is 0 Å². The molecule has 74 valence electrons. The first-order valence-electron chi connectivity index (χ1n) is 4.36. The third-order valence-electron chi connectivity index (χ3n) is 1.63. The molecule has 0 unspecified atom stereocenters. The Hall–Kier alpha value is -1.26. The predicted octanol–water partition coefficient (Wildman–Crippen LogP) is 0.389. The Bertz CT molecular complexity index is 338. The zero-order valence-electron chi connectivity index (χ0n) is 8.44. The van der Waals surface area contributed by atoms with Crippen molar-refractivity contribution in [2.75, 3.05) is 0 Å². The first-order valence-corrected chi connectivity index (χ1v) is 4.36. The maximum Gasteiger partial charge on any atom is 0.348 e. The summed E-state index contributed by atoms with van der Waals surface area (Å²) in [5.41, 5.74) is -0.141. The van der Waals surface area contributed by atoms with Crippen molar-refractivity contribution < 1.29 is 4.74 Å². The molecule has 1 heterocycles. The van der Waals surface area contributed by atoms with Gasteiger partial charge >= 0.3 is 11.7 Å². The van der Waals surface area contributed by atoms with Gasteiger partial charge in [-0.15, -0.1) is 5.10 Å². The third-order valence-corrected chi connectivity index (χ3v) is 1.63. The van der Waals surface area contributed by atoms with Gasteiger partial charge < -0.3 is 4.74 Å². The number of nitrogens with zero attached hydrogens (tertiary/aromatic N) is 3. The van der Waals surface area contributed by atoms with Crippen LogP contribution in [0.4, 0.5) is 0 Å². The number of hydrogen-bond acceptors (Lipinski definition) is 3. The van der Waals surface area contributed by atoms with Crippen LogP contribution in [0.3, 0.4) is 0 Å².